The monoisotopic (exact) mass is 593 g/mol. The van der Waals surface area contributed by atoms with Crippen molar-refractivity contribution in [2.75, 3.05) is 23.8 Å². The highest BCUT2D eigenvalue weighted by Gasteiger charge is 2.58. The zero-order valence-electron chi connectivity index (χ0n) is 25.2. The Kier molecular flexibility index (Phi) is 6.84. The van der Waals surface area contributed by atoms with Gasteiger partial charge in [0.15, 0.2) is 0 Å². The lowest BCUT2D eigenvalue weighted by molar-refractivity contribution is 0.00350. The van der Waals surface area contributed by atoms with Crippen molar-refractivity contribution in [2.24, 2.45) is 11.3 Å². The van der Waals surface area contributed by atoms with E-state index in [2.05, 4.69) is 68.8 Å². The highest BCUT2D eigenvalue weighted by atomic mass is 19.1. The van der Waals surface area contributed by atoms with Crippen LogP contribution < -0.4 is 21.6 Å². The number of hydrogen-bond acceptors (Lipinski definition) is 10. The molecule has 226 valence electrons. The first kappa shape index (κ1) is 28.3. The average Bonchev–Trinajstić information content (AvgIpc) is 3.94. The number of nitrogens with one attached hydrogen (secondary N) is 4. The third-order valence-electron chi connectivity index (χ3n) is 9.69. The van der Waals surface area contributed by atoms with Crippen LogP contribution in [0.15, 0.2) is 42.4 Å². The van der Waals surface area contributed by atoms with Gasteiger partial charge in [-0.1, -0.05) is 19.9 Å². The third kappa shape index (κ3) is 4.96. The quantitative estimate of drug-likeness (QED) is 0.255. The summed E-state index contributed by atoms with van der Waals surface area (Å²) >= 11 is 0. The Balaban J connectivity index is 1.31. The van der Waals surface area contributed by atoms with Crippen molar-refractivity contribution in [2.45, 2.75) is 70.5 Å². The molecule has 0 spiro atoms. The molecule has 2 aromatic heterocycles. The molecule has 0 unspecified atom stereocenters. The number of rotatable bonds is 8. The van der Waals surface area contributed by atoms with Crippen molar-refractivity contribution in [3.05, 3.63) is 70.7 Å². The molecule has 4 aliphatic rings. The van der Waals surface area contributed by atoms with Crippen LogP contribution >= 0.6 is 0 Å². The number of halogens is 1. The maximum absolute atomic E-state index is 14.1. The van der Waals surface area contributed by atoms with E-state index < -0.39 is 12.0 Å². The first-order valence-electron chi connectivity index (χ1n) is 15.3. The lowest BCUT2D eigenvalue weighted by Gasteiger charge is -2.39. The van der Waals surface area contributed by atoms with Crippen molar-refractivity contribution in [3.8, 4) is 12.1 Å². The van der Waals surface area contributed by atoms with Crippen LogP contribution in [0.25, 0.3) is 10.9 Å². The summed E-state index contributed by atoms with van der Waals surface area (Å²) in [6.07, 6.45) is 9.21. The number of hydrogen-bond donors (Lipinski definition) is 4. The summed E-state index contributed by atoms with van der Waals surface area (Å²) in [4.78, 5) is 8.64. The molecule has 0 bridgehead atoms. The van der Waals surface area contributed by atoms with E-state index in [1.54, 1.807) is 19.1 Å². The normalized spacial score (nSPS) is 22.4. The topological polar surface area (TPSA) is 134 Å². The second kappa shape index (κ2) is 10.6. The molecule has 7 rings (SSSR count). The summed E-state index contributed by atoms with van der Waals surface area (Å²) in [7, 11) is 0. The minimum atomic E-state index is -0.539. The third-order valence-corrected chi connectivity index (χ3v) is 9.69. The van der Waals surface area contributed by atoms with Crippen LogP contribution in [-0.4, -0.2) is 39.8 Å². The number of aryl methyl sites for hydroxylation is 1. The number of nitrogens with zero attached hydrogens (tertiary/aromatic N) is 5. The minimum absolute atomic E-state index is 0.0582. The average molecular weight is 594 g/mol. The van der Waals surface area contributed by atoms with E-state index >= 15 is 0 Å². The fourth-order valence-electron chi connectivity index (χ4n) is 6.83. The van der Waals surface area contributed by atoms with E-state index in [1.807, 2.05) is 6.07 Å². The van der Waals surface area contributed by atoms with Crippen LogP contribution in [0, 0.1) is 46.9 Å². The van der Waals surface area contributed by atoms with Gasteiger partial charge in [0, 0.05) is 52.8 Å². The van der Waals surface area contributed by atoms with Gasteiger partial charge in [0.1, 0.15) is 12.1 Å². The molecule has 1 saturated heterocycles. The van der Waals surface area contributed by atoms with Gasteiger partial charge < -0.3 is 20.8 Å². The van der Waals surface area contributed by atoms with Crippen LogP contribution in [0.1, 0.15) is 74.4 Å². The molecular weight excluding hydrogens is 557 g/mol. The standard InChI is InChI=1S/C33H36FN9O/c1-19-24(6-7-28(34)38-19)31(26-17-43(42-41-26)33(9-10-33)22-4-5-22)39-23-12-20(14-35)29-25(13-23)30(21(15-36)16-37-29)40-27-8-11-44-18-32(27,2)3/h6-7,12-13,16-17,22,27,31,39,41-42H,4-5,8-11,18H2,1-3H3,(H,37,40)/t27-,31+/m1/s1. The van der Waals surface area contributed by atoms with Crippen LogP contribution in [0.2, 0.25) is 0 Å². The van der Waals surface area contributed by atoms with E-state index in [1.165, 1.54) is 25.1 Å². The second-order valence-corrected chi connectivity index (χ2v) is 13.2. The van der Waals surface area contributed by atoms with E-state index in [4.69, 9.17) is 4.74 Å². The maximum atomic E-state index is 14.1. The number of pyridine rings is 2. The van der Waals surface area contributed by atoms with Gasteiger partial charge in [-0.05, 0) is 63.1 Å². The number of nitriles is 2. The molecule has 2 aliphatic heterocycles. The predicted octanol–water partition coefficient (Wildman–Crippen LogP) is 5.31. The summed E-state index contributed by atoms with van der Waals surface area (Å²) < 4.78 is 19.8. The number of fused-ring (bicyclic) bond motifs is 1. The molecule has 4 heterocycles. The van der Waals surface area contributed by atoms with Crippen molar-refractivity contribution in [3.63, 3.8) is 0 Å². The van der Waals surface area contributed by atoms with Crippen LogP contribution in [0.5, 0.6) is 0 Å². The number of hydrazine groups is 2. The van der Waals surface area contributed by atoms with Crippen molar-refractivity contribution in [1.82, 2.24) is 25.9 Å². The Labute approximate surface area is 256 Å². The summed E-state index contributed by atoms with van der Waals surface area (Å²) in [6, 6.07) is 11.0. The smallest absolute Gasteiger partial charge is 0.213 e. The van der Waals surface area contributed by atoms with Gasteiger partial charge in [0.25, 0.3) is 0 Å². The van der Waals surface area contributed by atoms with Gasteiger partial charge in [-0.3, -0.25) is 9.99 Å². The van der Waals surface area contributed by atoms with Crippen molar-refractivity contribution >= 4 is 22.3 Å². The highest BCUT2D eigenvalue weighted by Crippen LogP contribution is 2.57. The molecular formula is C33H36FN9O. The molecule has 1 aromatic carbocycles. The van der Waals surface area contributed by atoms with E-state index in [0.29, 0.717) is 58.2 Å². The molecule has 10 nitrogen and oxygen atoms in total. The van der Waals surface area contributed by atoms with Crippen LogP contribution in [0.3, 0.4) is 0 Å². The Hall–Kier alpha value is -4.45. The van der Waals surface area contributed by atoms with Gasteiger partial charge in [-0.25, -0.2) is 4.98 Å². The molecule has 11 heteroatoms. The molecule has 3 aromatic rings. The van der Waals surface area contributed by atoms with Gasteiger partial charge >= 0.3 is 0 Å². The molecule has 2 saturated carbocycles. The summed E-state index contributed by atoms with van der Waals surface area (Å²) in [5, 5.41) is 30.4. The Morgan fingerprint density at radius 2 is 1.93 bits per heavy atom. The first-order chi connectivity index (χ1) is 21.2. The Morgan fingerprint density at radius 3 is 2.61 bits per heavy atom. The highest BCUT2D eigenvalue weighted by molar-refractivity contribution is 5.99. The van der Waals surface area contributed by atoms with Gasteiger partial charge in [-0.15, -0.1) is 5.53 Å². The second-order valence-electron chi connectivity index (χ2n) is 13.2. The zero-order chi connectivity index (χ0) is 30.6. The molecule has 2 atom stereocenters. The van der Waals surface area contributed by atoms with Gasteiger partial charge in [-0.2, -0.15) is 14.9 Å². The first-order valence-corrected chi connectivity index (χ1v) is 15.3. The summed E-state index contributed by atoms with van der Waals surface area (Å²) in [6.45, 7) is 7.32. The van der Waals surface area contributed by atoms with Gasteiger partial charge in [0.2, 0.25) is 5.95 Å². The Morgan fingerprint density at radius 1 is 1.14 bits per heavy atom. The van der Waals surface area contributed by atoms with E-state index in [9.17, 15) is 14.9 Å². The lowest BCUT2D eigenvalue weighted by atomic mass is 9.81. The largest absolute Gasteiger partial charge is 0.381 e. The van der Waals surface area contributed by atoms with Crippen LogP contribution in [-0.2, 0) is 4.74 Å². The summed E-state index contributed by atoms with van der Waals surface area (Å²) in [5.41, 5.74) is 11.6. The zero-order valence-corrected chi connectivity index (χ0v) is 25.2. The number of anilines is 2. The molecule has 3 fully saturated rings. The molecule has 44 heavy (non-hydrogen) atoms. The number of benzene rings is 1. The molecule has 4 N–H and O–H groups in total. The molecule has 0 amide bonds. The van der Waals surface area contributed by atoms with Crippen LogP contribution in [0.4, 0.5) is 15.8 Å². The van der Waals surface area contributed by atoms with Crippen molar-refractivity contribution < 1.29 is 9.13 Å². The molecule has 0 radical (unpaired) electrons. The number of ether oxygens (including phenoxy) is 1. The fraction of sp³-hybridized carbons (Fsp3) is 0.455. The van der Waals surface area contributed by atoms with E-state index in [-0.39, 0.29) is 17.0 Å². The lowest BCUT2D eigenvalue weighted by Crippen LogP contribution is -2.46. The molecule has 2 aliphatic carbocycles. The summed E-state index contributed by atoms with van der Waals surface area (Å²) in [5.74, 6) is 0.156. The SMILES string of the molecule is Cc1nc(F)ccc1[C@H](Nc1cc(C#N)c2ncc(C#N)c(N[C@@H]3CCOCC3(C)C)c2c1)C1=CN(C2(C3CC3)CC2)NN1. The van der Waals surface area contributed by atoms with Gasteiger partial charge in [0.05, 0.1) is 46.2 Å². The fourth-order valence-corrected chi connectivity index (χ4v) is 6.83. The van der Waals surface area contributed by atoms with E-state index in [0.717, 1.165) is 30.5 Å². The van der Waals surface area contributed by atoms with Crippen molar-refractivity contribution in [1.29, 1.82) is 10.5 Å². The predicted molar refractivity (Wildman–Crippen MR) is 164 cm³/mol. The maximum Gasteiger partial charge on any atom is 0.213 e. The minimum Gasteiger partial charge on any atom is -0.381 e. The number of aromatic nitrogens is 2. The Bertz CT molecular complexity index is 1750.